The maximum atomic E-state index is 12.8. The number of morpholine rings is 1. The quantitative estimate of drug-likeness (QED) is 0.714. The van der Waals surface area contributed by atoms with E-state index in [9.17, 15) is 13.2 Å². The minimum absolute atomic E-state index is 0.334. The summed E-state index contributed by atoms with van der Waals surface area (Å²) in [5, 5.41) is 0. The normalized spacial score (nSPS) is 24.2. The Morgan fingerprint density at radius 2 is 1.88 bits per heavy atom. The van der Waals surface area contributed by atoms with E-state index in [1.54, 1.807) is 0 Å². The molecular formula is C23H32F3N5O. The van der Waals surface area contributed by atoms with E-state index in [2.05, 4.69) is 26.8 Å². The molecule has 2 saturated carbocycles. The summed E-state index contributed by atoms with van der Waals surface area (Å²) in [5.74, 6) is 1.90. The van der Waals surface area contributed by atoms with Gasteiger partial charge >= 0.3 is 6.18 Å². The summed E-state index contributed by atoms with van der Waals surface area (Å²) in [5.41, 5.74) is 5.21. The van der Waals surface area contributed by atoms with E-state index in [-0.39, 0.29) is 0 Å². The molecule has 2 unspecified atom stereocenters. The molecule has 1 aliphatic heterocycles. The Kier molecular flexibility index (Phi) is 7.05. The van der Waals surface area contributed by atoms with Crippen molar-refractivity contribution in [2.45, 2.75) is 57.7 Å². The Balaban J connectivity index is 0.000000174. The van der Waals surface area contributed by atoms with Crippen LogP contribution in [-0.2, 0) is 17.3 Å². The third-order valence-electron chi connectivity index (χ3n) is 6.57. The summed E-state index contributed by atoms with van der Waals surface area (Å²) in [6.07, 6.45) is 5.83. The Hall–Kier alpha value is -2.13. The second-order valence-electron chi connectivity index (χ2n) is 9.27. The second kappa shape index (κ2) is 9.79. The lowest BCUT2D eigenvalue weighted by Crippen LogP contribution is -2.42. The number of ether oxygens (including phenoxy) is 1. The number of nitrogens with one attached hydrogen (secondary N) is 1. The van der Waals surface area contributed by atoms with Crippen molar-refractivity contribution in [2.24, 2.45) is 11.8 Å². The lowest BCUT2D eigenvalue weighted by atomic mass is 10.1. The van der Waals surface area contributed by atoms with E-state index in [0.29, 0.717) is 17.2 Å². The molecule has 1 saturated heterocycles. The molecule has 0 radical (unpaired) electrons. The topological polar surface area (TPSA) is 80.1 Å². The van der Waals surface area contributed by atoms with Crippen molar-refractivity contribution >= 4 is 5.82 Å². The molecule has 3 fully saturated rings. The van der Waals surface area contributed by atoms with Crippen LogP contribution in [0.3, 0.4) is 0 Å². The van der Waals surface area contributed by atoms with Gasteiger partial charge in [-0.2, -0.15) is 13.2 Å². The third-order valence-corrected chi connectivity index (χ3v) is 6.57. The van der Waals surface area contributed by atoms with Gasteiger partial charge in [-0.05, 0) is 50.0 Å². The summed E-state index contributed by atoms with van der Waals surface area (Å²) in [7, 11) is 0. The Morgan fingerprint density at radius 1 is 1.12 bits per heavy atom. The number of alkyl halides is 3. The summed E-state index contributed by atoms with van der Waals surface area (Å²) >= 11 is 0. The third kappa shape index (κ3) is 6.01. The van der Waals surface area contributed by atoms with Crippen molar-refractivity contribution in [3.63, 3.8) is 0 Å². The van der Waals surface area contributed by atoms with Gasteiger partial charge in [0.15, 0.2) is 0 Å². The molecule has 5 rings (SSSR count). The minimum Gasteiger partial charge on any atom is -0.383 e. The number of hydrogen-bond acceptors (Lipinski definition) is 5. The lowest BCUT2D eigenvalue weighted by molar-refractivity contribution is -0.137. The Labute approximate surface area is 186 Å². The van der Waals surface area contributed by atoms with Crippen LogP contribution in [0.1, 0.15) is 50.4 Å². The van der Waals surface area contributed by atoms with Gasteiger partial charge in [-0.25, -0.2) is 9.97 Å². The smallest absolute Gasteiger partial charge is 0.383 e. The van der Waals surface area contributed by atoms with Crippen molar-refractivity contribution in [2.75, 3.05) is 32.0 Å². The van der Waals surface area contributed by atoms with Crippen LogP contribution in [0.2, 0.25) is 0 Å². The average molecular weight is 452 g/mol. The van der Waals surface area contributed by atoms with Gasteiger partial charge in [-0.15, -0.1) is 0 Å². The zero-order valence-electron chi connectivity index (χ0n) is 18.5. The van der Waals surface area contributed by atoms with E-state index in [4.69, 9.17) is 10.5 Å². The van der Waals surface area contributed by atoms with E-state index in [1.165, 1.54) is 44.5 Å². The van der Waals surface area contributed by atoms with E-state index in [0.717, 1.165) is 56.6 Å². The molecule has 9 heteroatoms. The molecule has 2 aliphatic carbocycles. The van der Waals surface area contributed by atoms with Crippen LogP contribution in [-0.4, -0.2) is 52.2 Å². The fraction of sp³-hybridized carbons (Fsp3) is 0.652. The number of anilines is 1. The summed E-state index contributed by atoms with van der Waals surface area (Å²) in [4.78, 5) is 13.5. The van der Waals surface area contributed by atoms with Crippen molar-refractivity contribution in [3.8, 4) is 11.3 Å². The highest BCUT2D eigenvalue weighted by Crippen LogP contribution is 2.35. The number of aromatic nitrogens is 3. The first-order chi connectivity index (χ1) is 15.3. The van der Waals surface area contributed by atoms with Crippen molar-refractivity contribution in [1.82, 2.24) is 19.9 Å². The van der Waals surface area contributed by atoms with E-state index >= 15 is 0 Å². The summed E-state index contributed by atoms with van der Waals surface area (Å²) in [6, 6.07) is 1.88. The molecule has 0 bridgehead atoms. The van der Waals surface area contributed by atoms with Gasteiger partial charge in [0.05, 0.1) is 30.7 Å². The molecule has 2 aromatic heterocycles. The zero-order valence-corrected chi connectivity index (χ0v) is 18.5. The van der Waals surface area contributed by atoms with Crippen molar-refractivity contribution in [3.05, 3.63) is 29.8 Å². The van der Waals surface area contributed by atoms with Crippen LogP contribution >= 0.6 is 0 Å². The van der Waals surface area contributed by atoms with Gasteiger partial charge < -0.3 is 15.5 Å². The first-order valence-electron chi connectivity index (χ1n) is 11.5. The van der Waals surface area contributed by atoms with Crippen molar-refractivity contribution in [1.29, 1.82) is 0 Å². The fourth-order valence-corrected chi connectivity index (χ4v) is 4.51. The number of nitrogens with two attached hydrogens (primary N) is 1. The Morgan fingerprint density at radius 3 is 2.50 bits per heavy atom. The van der Waals surface area contributed by atoms with Crippen LogP contribution in [0.25, 0.3) is 11.3 Å². The number of aromatic amines is 1. The van der Waals surface area contributed by atoms with Crippen LogP contribution < -0.4 is 5.73 Å². The minimum atomic E-state index is -4.51. The molecule has 3 aliphatic rings. The van der Waals surface area contributed by atoms with Crippen molar-refractivity contribution < 1.29 is 17.9 Å². The number of nitrogens with zero attached hydrogens (tertiary/aromatic N) is 3. The molecule has 3 heterocycles. The molecule has 0 aromatic carbocycles. The fourth-order valence-electron chi connectivity index (χ4n) is 4.51. The summed E-state index contributed by atoms with van der Waals surface area (Å²) < 4.78 is 43.7. The van der Waals surface area contributed by atoms with Gasteiger partial charge in [0.25, 0.3) is 0 Å². The lowest BCUT2D eigenvalue weighted by Gasteiger charge is -2.32. The molecule has 176 valence electrons. The highest BCUT2D eigenvalue weighted by atomic mass is 19.4. The second-order valence-corrected chi connectivity index (χ2v) is 9.27. The predicted molar refractivity (Wildman–Crippen MR) is 117 cm³/mol. The molecule has 0 spiro atoms. The molecule has 2 aromatic rings. The van der Waals surface area contributed by atoms with Gasteiger partial charge in [-0.1, -0.05) is 6.92 Å². The van der Waals surface area contributed by atoms with Crippen LogP contribution in [0, 0.1) is 11.8 Å². The number of hydrogen-bond donors (Lipinski definition) is 2. The number of rotatable bonds is 4. The average Bonchev–Trinajstić information content (AvgIpc) is 3.27. The SMILES string of the molecule is CC1CCC(N2CCOCC2)C1.Nc1ncc(-c2cnc(CC3CC3)[nH]2)cc1C(F)(F)F. The van der Waals surface area contributed by atoms with Gasteiger partial charge in [0, 0.05) is 37.3 Å². The number of halogens is 3. The van der Waals surface area contributed by atoms with Gasteiger partial charge in [0.2, 0.25) is 0 Å². The molecular weight excluding hydrogens is 419 g/mol. The number of H-pyrrole nitrogens is 1. The van der Waals surface area contributed by atoms with Gasteiger partial charge in [-0.3, -0.25) is 4.90 Å². The highest BCUT2D eigenvalue weighted by molar-refractivity contribution is 5.61. The zero-order chi connectivity index (χ0) is 22.7. The standard InChI is InChI=1S/C13H13F3N4.C10H19NO/c14-13(15,16)9-4-8(5-19-12(9)17)10-6-18-11(20-10)3-7-1-2-7;1-9-2-3-10(8-9)11-4-6-12-7-5-11/h4-7H,1-3H2,(H2,17,19)(H,18,20);9-10H,2-8H2,1H3. The van der Waals surface area contributed by atoms with Crippen LogP contribution in [0.5, 0.6) is 0 Å². The van der Waals surface area contributed by atoms with E-state index < -0.39 is 17.6 Å². The monoisotopic (exact) mass is 451 g/mol. The number of pyridine rings is 1. The maximum Gasteiger partial charge on any atom is 0.419 e. The molecule has 32 heavy (non-hydrogen) atoms. The largest absolute Gasteiger partial charge is 0.419 e. The number of imidazole rings is 1. The first-order valence-corrected chi connectivity index (χ1v) is 11.5. The maximum absolute atomic E-state index is 12.8. The molecule has 0 amide bonds. The van der Waals surface area contributed by atoms with Gasteiger partial charge in [0.1, 0.15) is 11.6 Å². The predicted octanol–water partition coefficient (Wildman–Crippen LogP) is 4.53. The van der Waals surface area contributed by atoms with Crippen LogP contribution in [0.4, 0.5) is 19.0 Å². The number of nitrogen functional groups attached to an aromatic ring is 1. The summed E-state index contributed by atoms with van der Waals surface area (Å²) in [6.45, 7) is 6.60. The highest BCUT2D eigenvalue weighted by Gasteiger charge is 2.34. The molecule has 6 nitrogen and oxygen atoms in total. The molecule has 3 N–H and O–H groups in total. The van der Waals surface area contributed by atoms with E-state index in [1.807, 2.05) is 0 Å². The van der Waals surface area contributed by atoms with Crippen LogP contribution in [0.15, 0.2) is 18.5 Å². The molecule has 2 atom stereocenters. The Bertz CT molecular complexity index is 887. The first kappa shape index (κ1) is 23.0.